The van der Waals surface area contributed by atoms with Crippen LogP contribution in [0.3, 0.4) is 0 Å². The van der Waals surface area contributed by atoms with Crippen LogP contribution in [0.5, 0.6) is 5.75 Å². The lowest BCUT2D eigenvalue weighted by Gasteiger charge is -2.25. The predicted molar refractivity (Wildman–Crippen MR) is 139 cm³/mol. The minimum absolute atomic E-state index is 0.00897. The van der Waals surface area contributed by atoms with E-state index in [9.17, 15) is 40.5 Å². The molecule has 0 amide bonds. The minimum Gasteiger partial charge on any atom is -0.505 e. The third kappa shape index (κ3) is 4.30. The maximum Gasteiger partial charge on any atom is 0.296 e. The number of hydrogen-bond acceptors (Lipinski definition) is 10. The average Bonchev–Trinajstić information content (AvgIpc) is 2.82. The Kier molecular flexibility index (Phi) is 5.83. The maximum atomic E-state index is 13.2. The molecule has 7 N–H and O–H groups in total. The van der Waals surface area contributed by atoms with E-state index in [-0.39, 0.29) is 32.8 Å². The monoisotopic (exact) mass is 576 g/mol. The van der Waals surface area contributed by atoms with Gasteiger partial charge in [-0.05, 0) is 53.9 Å². The fourth-order valence-electron chi connectivity index (χ4n) is 4.10. The number of benzene rings is 4. The molecule has 1 atom stereocenters. The number of nitrogens with zero attached hydrogens (tertiary/aromatic N) is 2. The number of para-hydroxylation sites is 1. The van der Waals surface area contributed by atoms with Crippen LogP contribution in [0.1, 0.15) is 0 Å². The summed E-state index contributed by atoms with van der Waals surface area (Å²) in [7, 11) is -13.8. The second-order valence-corrected chi connectivity index (χ2v) is 13.2. The maximum absolute atomic E-state index is 13.2. The van der Waals surface area contributed by atoms with Gasteiger partial charge in [-0.2, -0.15) is 21.9 Å². The van der Waals surface area contributed by atoms with Gasteiger partial charge in [-0.15, -0.1) is 5.11 Å². The SMILES string of the molecule is Nc1cc(S(=O)(=O)O)cc2cc(S(=O)(=O)O)c(N=Nc3ccc4c(c3)P(=O)(O)c3ccccc3N4)c(O)c12. The van der Waals surface area contributed by atoms with Gasteiger partial charge in [-0.1, -0.05) is 12.1 Å². The van der Waals surface area contributed by atoms with Gasteiger partial charge in [0.1, 0.15) is 10.6 Å². The molecule has 0 radical (unpaired) electrons. The fraction of sp³-hybridized carbons (Fsp3) is 0. The van der Waals surface area contributed by atoms with E-state index in [2.05, 4.69) is 15.5 Å². The van der Waals surface area contributed by atoms with Crippen molar-refractivity contribution in [3.8, 4) is 5.75 Å². The highest BCUT2D eigenvalue weighted by Gasteiger charge is 2.34. The third-order valence-corrected chi connectivity index (χ3v) is 9.57. The van der Waals surface area contributed by atoms with Crippen molar-refractivity contribution in [2.75, 3.05) is 11.1 Å². The second kappa shape index (κ2) is 8.59. The first-order valence-corrected chi connectivity index (χ1v) is 15.0. The Morgan fingerprint density at radius 3 is 2.21 bits per heavy atom. The molecule has 0 aromatic heterocycles. The summed E-state index contributed by atoms with van der Waals surface area (Å²) in [5.74, 6) is -0.848. The van der Waals surface area contributed by atoms with Crippen molar-refractivity contribution >= 4 is 77.4 Å². The molecule has 196 valence electrons. The van der Waals surface area contributed by atoms with Crippen LogP contribution < -0.4 is 21.7 Å². The second-order valence-electron chi connectivity index (χ2n) is 8.25. The lowest BCUT2D eigenvalue weighted by molar-refractivity contribution is 0.472. The Morgan fingerprint density at radius 2 is 1.53 bits per heavy atom. The number of nitrogens with two attached hydrogens (primary N) is 1. The number of nitrogens with one attached hydrogen (secondary N) is 1. The van der Waals surface area contributed by atoms with Crippen molar-refractivity contribution in [1.29, 1.82) is 0 Å². The van der Waals surface area contributed by atoms with Gasteiger partial charge in [0.25, 0.3) is 27.6 Å². The molecule has 0 spiro atoms. The van der Waals surface area contributed by atoms with Crippen LogP contribution in [0.15, 0.2) is 80.7 Å². The Bertz CT molecular complexity index is 1980. The summed E-state index contributed by atoms with van der Waals surface area (Å²) >= 11 is 0. The lowest BCUT2D eigenvalue weighted by Crippen LogP contribution is -2.26. The van der Waals surface area contributed by atoms with Gasteiger partial charge in [0.05, 0.1) is 32.6 Å². The molecule has 0 bridgehead atoms. The molecule has 4 aromatic rings. The molecule has 0 fully saturated rings. The van der Waals surface area contributed by atoms with Gasteiger partial charge in [0.15, 0.2) is 5.75 Å². The first-order valence-electron chi connectivity index (χ1n) is 10.5. The molecule has 5 rings (SSSR count). The summed E-state index contributed by atoms with van der Waals surface area (Å²) in [6.45, 7) is 0. The average molecular weight is 577 g/mol. The number of fused-ring (bicyclic) bond motifs is 3. The molecule has 13 nitrogen and oxygen atoms in total. The smallest absolute Gasteiger partial charge is 0.296 e. The number of phenolic OH excluding ortho intramolecular Hbond substituents is 1. The Morgan fingerprint density at radius 1 is 0.842 bits per heavy atom. The van der Waals surface area contributed by atoms with Crippen LogP contribution in [-0.4, -0.2) is 35.9 Å². The number of nitrogen functional groups attached to an aromatic ring is 1. The van der Waals surface area contributed by atoms with Crippen molar-refractivity contribution < 1.29 is 40.5 Å². The van der Waals surface area contributed by atoms with Crippen LogP contribution in [0.2, 0.25) is 0 Å². The van der Waals surface area contributed by atoms with Crippen LogP contribution in [0.4, 0.5) is 28.4 Å². The topological polar surface area (TPSA) is 229 Å². The quantitative estimate of drug-likeness (QED) is 0.0893. The number of anilines is 3. The molecular weight excluding hydrogens is 559 g/mol. The van der Waals surface area contributed by atoms with Crippen LogP contribution >= 0.6 is 7.37 Å². The molecule has 4 aromatic carbocycles. The molecule has 16 heteroatoms. The van der Waals surface area contributed by atoms with Crippen LogP contribution in [0, 0.1) is 0 Å². The number of phenols is 1. The van der Waals surface area contributed by atoms with Gasteiger partial charge < -0.3 is 21.1 Å². The molecule has 0 aliphatic carbocycles. The third-order valence-electron chi connectivity index (χ3n) is 5.80. The number of rotatable bonds is 4. The van der Waals surface area contributed by atoms with Crippen LogP contribution in [0.25, 0.3) is 10.8 Å². The van der Waals surface area contributed by atoms with E-state index in [0.29, 0.717) is 11.4 Å². The van der Waals surface area contributed by atoms with E-state index >= 15 is 0 Å². The van der Waals surface area contributed by atoms with Crippen molar-refractivity contribution in [2.24, 2.45) is 10.2 Å². The minimum atomic E-state index is -5.04. The number of aromatic hydroxyl groups is 1. The Balaban J connectivity index is 1.66. The van der Waals surface area contributed by atoms with Gasteiger partial charge in [0, 0.05) is 11.1 Å². The van der Waals surface area contributed by atoms with E-state index in [0.717, 1.165) is 18.2 Å². The van der Waals surface area contributed by atoms with Crippen molar-refractivity contribution in [3.63, 3.8) is 0 Å². The predicted octanol–water partition coefficient (Wildman–Crippen LogP) is 3.31. The highest BCUT2D eigenvalue weighted by molar-refractivity contribution is 7.86. The molecule has 1 aliphatic rings. The molecule has 1 heterocycles. The first kappa shape index (κ1) is 25.8. The summed E-state index contributed by atoms with van der Waals surface area (Å²) < 4.78 is 79.6. The largest absolute Gasteiger partial charge is 0.505 e. The first-order chi connectivity index (χ1) is 17.7. The molecule has 0 saturated heterocycles. The summed E-state index contributed by atoms with van der Waals surface area (Å²) in [5, 5.41) is 21.3. The molecule has 38 heavy (non-hydrogen) atoms. The van der Waals surface area contributed by atoms with E-state index in [4.69, 9.17) is 5.73 Å². The van der Waals surface area contributed by atoms with E-state index in [1.165, 1.54) is 24.3 Å². The molecular formula is C22H17N4O9PS2. The summed E-state index contributed by atoms with van der Waals surface area (Å²) in [6.07, 6.45) is 0. The van der Waals surface area contributed by atoms with Crippen LogP contribution in [-0.2, 0) is 24.8 Å². The van der Waals surface area contributed by atoms with Crippen molar-refractivity contribution in [1.82, 2.24) is 0 Å². The summed E-state index contributed by atoms with van der Waals surface area (Å²) in [5.41, 5.74) is 5.61. The van der Waals surface area contributed by atoms with Crippen molar-refractivity contribution in [2.45, 2.75) is 9.79 Å². The summed E-state index contributed by atoms with van der Waals surface area (Å²) in [4.78, 5) is 9.23. The lowest BCUT2D eigenvalue weighted by atomic mass is 10.1. The fourth-order valence-corrected chi connectivity index (χ4v) is 7.08. The standard InChI is InChI=1S/C22H17N4O9PS2/c23-14-10-13(37(30,31)32)7-11-8-19(38(33,34)35)21(22(27)20(11)14)26-25-12-5-6-16-18(9-12)36(28,29)17-4-2-1-3-15(17)24-16/h1-10,24,27H,23H2,(H,28,29)(H,30,31,32)(H,33,34,35). The van der Waals surface area contributed by atoms with Gasteiger partial charge in [0.2, 0.25) is 0 Å². The van der Waals surface area contributed by atoms with Gasteiger partial charge >= 0.3 is 0 Å². The number of azo groups is 1. The molecule has 1 aliphatic heterocycles. The van der Waals surface area contributed by atoms with Gasteiger partial charge in [-0.3, -0.25) is 13.7 Å². The molecule has 1 unspecified atom stereocenters. The zero-order valence-corrected chi connectivity index (χ0v) is 21.4. The van der Waals surface area contributed by atoms with E-state index in [1.807, 2.05) is 0 Å². The van der Waals surface area contributed by atoms with Crippen molar-refractivity contribution in [3.05, 3.63) is 60.7 Å². The normalized spacial score (nSPS) is 17.2. The highest BCUT2D eigenvalue weighted by Crippen LogP contribution is 2.48. The Hall–Kier alpha value is -3.85. The van der Waals surface area contributed by atoms with Gasteiger partial charge in [-0.25, -0.2) is 0 Å². The van der Waals surface area contributed by atoms with E-state index in [1.54, 1.807) is 18.2 Å². The molecule has 0 saturated carbocycles. The summed E-state index contributed by atoms with van der Waals surface area (Å²) in [6, 6.07) is 13.1. The zero-order chi connectivity index (χ0) is 27.6. The number of hydrogen-bond donors (Lipinski definition) is 6. The van der Waals surface area contributed by atoms with E-state index < -0.39 is 48.8 Å². The highest BCUT2D eigenvalue weighted by atomic mass is 32.2. The Labute approximate surface area is 215 Å². The zero-order valence-electron chi connectivity index (χ0n) is 18.8.